The van der Waals surface area contributed by atoms with E-state index in [1.165, 1.54) is 7.11 Å². The lowest BCUT2D eigenvalue weighted by molar-refractivity contribution is -0.140. The maximum absolute atomic E-state index is 12.8. The molecule has 0 aliphatic carbocycles. The summed E-state index contributed by atoms with van der Waals surface area (Å²) in [5.41, 5.74) is 9.93. The zero-order valence-electron chi connectivity index (χ0n) is 26.4. The van der Waals surface area contributed by atoms with E-state index in [0.717, 1.165) is 50.7 Å². The number of ether oxygens (including phenoxy) is 1. The number of esters is 1. The number of carboxylic acids is 2. The van der Waals surface area contributed by atoms with Crippen LogP contribution in [0, 0.1) is 13.8 Å². The molecule has 2 unspecified atom stereocenters. The summed E-state index contributed by atoms with van der Waals surface area (Å²) in [6, 6.07) is 5.84. The second kappa shape index (κ2) is 12.2. The summed E-state index contributed by atoms with van der Waals surface area (Å²) < 4.78 is 5.03. The highest BCUT2D eigenvalue weighted by molar-refractivity contribution is 6.24. The van der Waals surface area contributed by atoms with Crippen LogP contribution in [0.1, 0.15) is 96.0 Å². The number of aliphatic carboxylic acids is 2. The lowest BCUT2D eigenvalue weighted by Gasteiger charge is -2.17. The number of aromatic amines is 2. The molecule has 234 valence electrons. The zero-order chi connectivity index (χ0) is 32.7. The third-order valence-electron chi connectivity index (χ3n) is 9.16. The molecule has 45 heavy (non-hydrogen) atoms. The van der Waals surface area contributed by atoms with Gasteiger partial charge in [-0.15, -0.1) is 0 Å². The number of carbonyl (C=O) groups is 3. The van der Waals surface area contributed by atoms with Crippen LogP contribution in [-0.4, -0.2) is 55.2 Å². The van der Waals surface area contributed by atoms with Crippen molar-refractivity contribution < 1.29 is 29.3 Å². The molecule has 3 aromatic rings. The van der Waals surface area contributed by atoms with Gasteiger partial charge in [0.25, 0.3) is 0 Å². The number of rotatable bonds is 8. The normalized spacial score (nSPS) is 16.1. The minimum Gasteiger partial charge on any atom is -0.481 e. The highest BCUT2D eigenvalue weighted by Gasteiger charge is 2.35. The largest absolute Gasteiger partial charge is 0.481 e. The van der Waals surface area contributed by atoms with Crippen LogP contribution in [0.4, 0.5) is 0 Å². The number of methoxy groups -OCH3 is 1. The molecule has 0 spiro atoms. The molecule has 0 fully saturated rings. The highest BCUT2D eigenvalue weighted by atomic mass is 16.5. The molecule has 8 bridgehead atoms. The first-order valence-electron chi connectivity index (χ1n) is 15.0. The van der Waals surface area contributed by atoms with Crippen LogP contribution < -0.4 is 0 Å². The van der Waals surface area contributed by atoms with Gasteiger partial charge >= 0.3 is 17.9 Å². The Morgan fingerprint density at radius 3 is 2.29 bits per heavy atom. The van der Waals surface area contributed by atoms with Crippen molar-refractivity contribution in [1.82, 2.24) is 19.9 Å². The van der Waals surface area contributed by atoms with Crippen LogP contribution in [0.3, 0.4) is 0 Å². The Hall–Kier alpha value is -4.99. The fraction of sp³-hybridized carbons (Fsp3) is 0.343. The maximum atomic E-state index is 12.8. The van der Waals surface area contributed by atoms with E-state index in [-0.39, 0.29) is 36.4 Å². The number of aryl methyl sites for hydroxylation is 3. The number of carboxylic acid groups (broad SMARTS) is 2. The van der Waals surface area contributed by atoms with Crippen molar-refractivity contribution in [2.45, 2.75) is 72.1 Å². The molecule has 0 amide bonds. The quantitative estimate of drug-likeness (QED) is 0.207. The number of H-pyrrole nitrogens is 2. The van der Waals surface area contributed by atoms with E-state index in [9.17, 15) is 24.6 Å². The molecule has 0 saturated carbocycles. The van der Waals surface area contributed by atoms with E-state index in [1.807, 2.05) is 45.0 Å². The van der Waals surface area contributed by atoms with Crippen molar-refractivity contribution in [3.05, 3.63) is 75.4 Å². The molecule has 5 heterocycles. The second-order valence-electron chi connectivity index (χ2n) is 11.7. The first-order chi connectivity index (χ1) is 21.4. The summed E-state index contributed by atoms with van der Waals surface area (Å²) in [5, 5.41) is 20.0. The summed E-state index contributed by atoms with van der Waals surface area (Å²) >= 11 is 0. The number of hydrogen-bond donors (Lipinski definition) is 4. The average molecular weight is 611 g/mol. The molecule has 2 atom stereocenters. The summed E-state index contributed by atoms with van der Waals surface area (Å²) in [5.74, 6) is -3.37. The van der Waals surface area contributed by atoms with Gasteiger partial charge in [0.15, 0.2) is 0 Å². The maximum Gasteiger partial charge on any atom is 0.338 e. The molecule has 2 aliphatic heterocycles. The van der Waals surface area contributed by atoms with Crippen molar-refractivity contribution in [2.75, 3.05) is 7.11 Å². The summed E-state index contributed by atoms with van der Waals surface area (Å²) in [4.78, 5) is 54.2. The number of allylic oxidation sites excluding steroid dienone is 1. The van der Waals surface area contributed by atoms with E-state index < -0.39 is 23.8 Å². The highest BCUT2D eigenvalue weighted by Crippen LogP contribution is 2.43. The SMILES string of the molecule is C=Cc1c(C)c2cc3nc(c(CC(=O)OC)c4nc(cc5[nH]c(cc1[nH]2)c(C)c5CC)C(C)=C4C(=O)O)C(CCC(=O)O)C3C. The van der Waals surface area contributed by atoms with E-state index in [4.69, 9.17) is 14.7 Å². The fourth-order valence-electron chi connectivity index (χ4n) is 6.59. The van der Waals surface area contributed by atoms with Gasteiger partial charge in [-0.05, 0) is 74.1 Å². The second-order valence-corrected chi connectivity index (χ2v) is 11.7. The van der Waals surface area contributed by atoms with Gasteiger partial charge in [-0.25, -0.2) is 9.78 Å². The summed E-state index contributed by atoms with van der Waals surface area (Å²) in [6.07, 6.45) is 2.39. The average Bonchev–Trinajstić information content (AvgIpc) is 3.67. The van der Waals surface area contributed by atoms with Crippen molar-refractivity contribution in [3.8, 4) is 0 Å². The summed E-state index contributed by atoms with van der Waals surface area (Å²) in [6.45, 7) is 13.8. The smallest absolute Gasteiger partial charge is 0.338 e. The van der Waals surface area contributed by atoms with Crippen molar-refractivity contribution in [2.24, 2.45) is 0 Å². The van der Waals surface area contributed by atoms with Crippen LogP contribution >= 0.6 is 0 Å². The van der Waals surface area contributed by atoms with Crippen molar-refractivity contribution in [1.29, 1.82) is 0 Å². The molecule has 0 saturated heterocycles. The first-order valence-corrected chi connectivity index (χ1v) is 15.0. The van der Waals surface area contributed by atoms with E-state index in [1.54, 1.807) is 6.92 Å². The molecule has 10 nitrogen and oxygen atoms in total. The molecular formula is C35H38N4O6. The predicted octanol–water partition coefficient (Wildman–Crippen LogP) is 6.62. The third kappa shape index (κ3) is 5.56. The standard InChI is InChI=1S/C35H38N4O6/c1-8-20-16(3)24-13-26-18(5)22(10-11-30(40)41)33(38-26)23(12-31(42)45-7)34-32(35(43)44)19(6)27(39-34)15-29-21(9-2)17(4)25(37-29)14-28(20)36-24/h8,13-15,18,22,36-37H,1,9-12H2,2-7H3,(H,40,41)(H,43,44). The Labute approximate surface area is 260 Å². The van der Waals surface area contributed by atoms with Gasteiger partial charge < -0.3 is 24.9 Å². The van der Waals surface area contributed by atoms with Crippen LogP contribution in [-0.2, 0) is 32.0 Å². The number of aromatic nitrogens is 4. The monoisotopic (exact) mass is 610 g/mol. The van der Waals surface area contributed by atoms with Crippen LogP contribution in [0.2, 0.25) is 0 Å². The minimum absolute atomic E-state index is 0.0256. The van der Waals surface area contributed by atoms with Gasteiger partial charge in [0.2, 0.25) is 0 Å². The minimum atomic E-state index is -1.18. The van der Waals surface area contributed by atoms with Crippen molar-refractivity contribution >= 4 is 57.2 Å². The van der Waals surface area contributed by atoms with Gasteiger partial charge in [0.05, 0.1) is 36.2 Å². The Morgan fingerprint density at radius 2 is 1.67 bits per heavy atom. The number of nitrogens with zero attached hydrogens (tertiary/aromatic N) is 2. The lowest BCUT2D eigenvalue weighted by atomic mass is 9.84. The van der Waals surface area contributed by atoms with Gasteiger partial charge in [0, 0.05) is 57.1 Å². The zero-order valence-corrected chi connectivity index (χ0v) is 26.4. The van der Waals surface area contributed by atoms with Gasteiger partial charge in [-0.2, -0.15) is 0 Å². The number of nitrogens with one attached hydrogen (secondary N) is 2. The van der Waals surface area contributed by atoms with Crippen LogP contribution in [0.25, 0.3) is 39.3 Å². The van der Waals surface area contributed by atoms with E-state index >= 15 is 0 Å². The van der Waals surface area contributed by atoms with E-state index in [0.29, 0.717) is 28.2 Å². The lowest BCUT2D eigenvalue weighted by Crippen LogP contribution is -2.14. The topological polar surface area (TPSA) is 158 Å². The molecule has 0 aromatic carbocycles. The molecule has 5 rings (SSSR count). The van der Waals surface area contributed by atoms with Crippen LogP contribution in [0.5, 0.6) is 0 Å². The molecule has 0 radical (unpaired) electrons. The number of fused-ring (bicyclic) bond motifs is 8. The fourth-order valence-corrected chi connectivity index (χ4v) is 6.59. The Kier molecular flexibility index (Phi) is 8.51. The third-order valence-corrected chi connectivity index (χ3v) is 9.16. The Bertz CT molecular complexity index is 1960. The molecule has 3 aromatic heterocycles. The van der Waals surface area contributed by atoms with Crippen molar-refractivity contribution in [3.63, 3.8) is 0 Å². The number of hydrogen-bond acceptors (Lipinski definition) is 6. The first kappa shape index (κ1) is 31.4. The summed E-state index contributed by atoms with van der Waals surface area (Å²) in [7, 11) is 1.27. The van der Waals surface area contributed by atoms with Gasteiger partial charge in [0.1, 0.15) is 0 Å². The predicted molar refractivity (Wildman–Crippen MR) is 174 cm³/mol. The Balaban J connectivity index is 2.04. The molecular weight excluding hydrogens is 572 g/mol. The molecule has 10 heteroatoms. The number of carbonyl (C=O) groups excluding carboxylic acids is 1. The molecule has 4 N–H and O–H groups in total. The van der Waals surface area contributed by atoms with E-state index in [2.05, 4.69) is 23.5 Å². The van der Waals surface area contributed by atoms with Gasteiger partial charge in [-0.3, -0.25) is 14.6 Å². The molecule has 2 aliphatic rings. The van der Waals surface area contributed by atoms with Crippen LogP contribution in [0.15, 0.2) is 24.8 Å². The van der Waals surface area contributed by atoms with Gasteiger partial charge in [-0.1, -0.05) is 26.5 Å². The Morgan fingerprint density at radius 1 is 0.978 bits per heavy atom.